The van der Waals surface area contributed by atoms with Gasteiger partial charge < -0.3 is 5.32 Å². The first-order valence-corrected chi connectivity index (χ1v) is 5.50. The molecule has 1 aromatic rings. The second-order valence-electron chi connectivity index (χ2n) is 2.88. The average Bonchev–Trinajstić information content (AvgIpc) is 2.25. The van der Waals surface area contributed by atoms with Gasteiger partial charge in [0.1, 0.15) is 0 Å². The molecule has 0 fully saturated rings. The summed E-state index contributed by atoms with van der Waals surface area (Å²) < 4.78 is 0. The van der Waals surface area contributed by atoms with Gasteiger partial charge in [0.25, 0.3) is 0 Å². The Hall–Kier alpha value is -0.895. The van der Waals surface area contributed by atoms with E-state index in [9.17, 15) is 4.79 Å². The van der Waals surface area contributed by atoms with Gasteiger partial charge in [-0.05, 0) is 11.3 Å². The van der Waals surface area contributed by atoms with Crippen LogP contribution in [0.1, 0.15) is 12.0 Å². The zero-order valence-corrected chi connectivity index (χ0v) is 8.72. The Kier molecular flexibility index (Phi) is 5.23. The van der Waals surface area contributed by atoms with Crippen molar-refractivity contribution >= 4 is 24.6 Å². The molecule has 0 spiro atoms. The lowest BCUT2D eigenvalue weighted by Gasteiger charge is -2.04. The molecule has 4 heteroatoms. The number of hydrogen-bond acceptors (Lipinski definition) is 2. The maximum Gasteiger partial charge on any atom is 0.221 e. The van der Waals surface area contributed by atoms with Gasteiger partial charge in [0.15, 0.2) is 7.12 Å². The SMILES string of the molecule is [B]SCCC(=O)NCc1ccccc1. The Bertz CT molecular complexity index is 279. The number of carbonyl (C=O) groups is 1. The van der Waals surface area contributed by atoms with Crippen LogP contribution in [0.4, 0.5) is 0 Å². The van der Waals surface area contributed by atoms with Gasteiger partial charge in [-0.25, -0.2) is 11.6 Å². The van der Waals surface area contributed by atoms with Crippen molar-refractivity contribution in [3.8, 4) is 0 Å². The third kappa shape index (κ3) is 4.37. The largest absolute Gasteiger partial charge is 0.352 e. The standard InChI is InChI=1S/C10H12BNOS/c11-14-7-6-10(13)12-8-9-4-2-1-3-5-9/h1-5H,6-8H2,(H,12,13). The summed E-state index contributed by atoms with van der Waals surface area (Å²) in [6.07, 6.45) is 0.480. The summed E-state index contributed by atoms with van der Waals surface area (Å²) in [5, 5.41) is 2.83. The van der Waals surface area contributed by atoms with Gasteiger partial charge >= 0.3 is 0 Å². The maximum atomic E-state index is 11.2. The minimum atomic E-state index is 0.0480. The zero-order chi connectivity index (χ0) is 10.2. The van der Waals surface area contributed by atoms with Gasteiger partial charge in [-0.3, -0.25) is 4.79 Å². The molecule has 0 atom stereocenters. The molecule has 0 saturated heterocycles. The number of hydrogen-bond donors (Lipinski definition) is 1. The third-order valence-electron chi connectivity index (χ3n) is 1.78. The number of benzene rings is 1. The molecule has 0 aromatic heterocycles. The highest BCUT2D eigenvalue weighted by Crippen LogP contribution is 1.98. The second kappa shape index (κ2) is 6.54. The van der Waals surface area contributed by atoms with Gasteiger partial charge in [0.05, 0.1) is 0 Å². The molecule has 1 amide bonds. The molecule has 1 rings (SSSR count). The summed E-state index contributed by atoms with van der Waals surface area (Å²) in [4.78, 5) is 11.2. The predicted molar refractivity (Wildman–Crippen MR) is 61.1 cm³/mol. The molecule has 0 aliphatic carbocycles. The molecule has 0 aliphatic heterocycles. The van der Waals surface area contributed by atoms with Crippen LogP contribution >= 0.6 is 11.6 Å². The van der Waals surface area contributed by atoms with E-state index in [1.165, 1.54) is 11.6 Å². The summed E-state index contributed by atoms with van der Waals surface area (Å²) >= 11 is 1.19. The van der Waals surface area contributed by atoms with Crippen LogP contribution < -0.4 is 5.32 Å². The summed E-state index contributed by atoms with van der Waals surface area (Å²) in [5.41, 5.74) is 1.11. The van der Waals surface area contributed by atoms with Crippen LogP contribution in [0, 0.1) is 0 Å². The van der Waals surface area contributed by atoms with Crippen molar-refractivity contribution in [1.82, 2.24) is 5.32 Å². The van der Waals surface area contributed by atoms with Crippen LogP contribution in [0.25, 0.3) is 0 Å². The first kappa shape index (κ1) is 11.2. The van der Waals surface area contributed by atoms with Crippen LogP contribution in [-0.4, -0.2) is 18.8 Å². The van der Waals surface area contributed by atoms with Crippen molar-refractivity contribution in [1.29, 1.82) is 0 Å². The topological polar surface area (TPSA) is 29.1 Å². The first-order valence-electron chi connectivity index (χ1n) is 4.45. The third-order valence-corrected chi connectivity index (χ3v) is 2.22. The molecule has 0 bridgehead atoms. The summed E-state index contributed by atoms with van der Waals surface area (Å²) in [6.45, 7) is 0.592. The number of amides is 1. The lowest BCUT2D eigenvalue weighted by Crippen LogP contribution is -2.22. The van der Waals surface area contributed by atoms with Gasteiger partial charge in [0.2, 0.25) is 5.91 Å². The summed E-state index contributed by atoms with van der Waals surface area (Å²) in [7, 11) is 5.22. The van der Waals surface area contributed by atoms with E-state index in [1.54, 1.807) is 0 Å². The minimum absolute atomic E-state index is 0.0480. The molecule has 14 heavy (non-hydrogen) atoms. The molecule has 2 nitrogen and oxygen atoms in total. The van der Waals surface area contributed by atoms with Gasteiger partial charge in [-0.1, -0.05) is 30.3 Å². The lowest BCUT2D eigenvalue weighted by molar-refractivity contribution is -0.120. The average molecular weight is 205 g/mol. The summed E-state index contributed by atoms with van der Waals surface area (Å²) in [5.74, 6) is 0.715. The number of carbonyl (C=O) groups excluding carboxylic acids is 1. The highest BCUT2D eigenvalue weighted by Gasteiger charge is 1.99. The minimum Gasteiger partial charge on any atom is -0.352 e. The molecule has 1 N–H and O–H groups in total. The van der Waals surface area contributed by atoms with Crippen LogP contribution in [0.15, 0.2) is 30.3 Å². The van der Waals surface area contributed by atoms with Crippen LogP contribution in [-0.2, 0) is 11.3 Å². The van der Waals surface area contributed by atoms with Crippen molar-refractivity contribution < 1.29 is 4.79 Å². The van der Waals surface area contributed by atoms with E-state index in [0.29, 0.717) is 18.7 Å². The van der Waals surface area contributed by atoms with Crippen LogP contribution in [0.2, 0.25) is 0 Å². The van der Waals surface area contributed by atoms with Crippen molar-refractivity contribution in [3.63, 3.8) is 0 Å². The Morgan fingerprint density at radius 3 is 2.71 bits per heavy atom. The van der Waals surface area contributed by atoms with Crippen LogP contribution in [0.3, 0.4) is 0 Å². The molecule has 0 unspecified atom stereocenters. The van der Waals surface area contributed by atoms with Crippen molar-refractivity contribution in [2.45, 2.75) is 13.0 Å². The molecule has 1 aromatic carbocycles. The van der Waals surface area contributed by atoms with E-state index in [0.717, 1.165) is 5.56 Å². The summed E-state index contributed by atoms with van der Waals surface area (Å²) in [6, 6.07) is 9.83. The monoisotopic (exact) mass is 205 g/mol. The molecular weight excluding hydrogens is 193 g/mol. The quantitative estimate of drug-likeness (QED) is 0.738. The fourth-order valence-corrected chi connectivity index (χ4v) is 1.34. The Balaban J connectivity index is 2.24. The fraction of sp³-hybridized carbons (Fsp3) is 0.300. The molecule has 0 aliphatic rings. The predicted octanol–water partition coefficient (Wildman–Crippen LogP) is 1.51. The van der Waals surface area contributed by atoms with E-state index in [4.69, 9.17) is 7.12 Å². The molecular formula is C10H12BNOS. The van der Waals surface area contributed by atoms with E-state index in [2.05, 4.69) is 5.32 Å². The normalized spacial score (nSPS) is 9.71. The zero-order valence-electron chi connectivity index (χ0n) is 7.90. The maximum absolute atomic E-state index is 11.2. The fourth-order valence-electron chi connectivity index (χ4n) is 1.04. The van der Waals surface area contributed by atoms with E-state index >= 15 is 0 Å². The Morgan fingerprint density at radius 1 is 1.36 bits per heavy atom. The smallest absolute Gasteiger partial charge is 0.221 e. The first-order chi connectivity index (χ1) is 6.83. The Morgan fingerprint density at radius 2 is 2.07 bits per heavy atom. The van der Waals surface area contributed by atoms with Gasteiger partial charge in [-0.15, -0.1) is 0 Å². The van der Waals surface area contributed by atoms with Gasteiger partial charge in [-0.2, -0.15) is 0 Å². The van der Waals surface area contributed by atoms with E-state index < -0.39 is 0 Å². The Labute approximate surface area is 89.8 Å². The lowest BCUT2D eigenvalue weighted by atomic mass is 10.2. The van der Waals surface area contributed by atoms with Crippen molar-refractivity contribution in [2.24, 2.45) is 0 Å². The molecule has 0 heterocycles. The van der Waals surface area contributed by atoms with Gasteiger partial charge in [0, 0.05) is 13.0 Å². The van der Waals surface area contributed by atoms with Crippen LogP contribution in [0.5, 0.6) is 0 Å². The number of rotatable bonds is 5. The second-order valence-corrected chi connectivity index (χ2v) is 3.62. The van der Waals surface area contributed by atoms with Crippen molar-refractivity contribution in [3.05, 3.63) is 35.9 Å². The highest BCUT2D eigenvalue weighted by molar-refractivity contribution is 8.19. The molecule has 2 radical (unpaired) electrons. The highest BCUT2D eigenvalue weighted by atomic mass is 32.2. The van der Waals surface area contributed by atoms with Crippen molar-refractivity contribution in [2.75, 3.05) is 5.75 Å². The van der Waals surface area contributed by atoms with E-state index in [1.807, 2.05) is 30.3 Å². The molecule has 0 saturated carbocycles. The number of nitrogens with one attached hydrogen (secondary N) is 1. The molecule has 72 valence electrons. The van der Waals surface area contributed by atoms with E-state index in [-0.39, 0.29) is 5.91 Å².